The van der Waals surface area contributed by atoms with Crippen LogP contribution in [0.25, 0.3) is 139 Å². The number of benzene rings is 10. The molecule has 0 aliphatic heterocycles. The maximum Gasteiger partial charge on any atom is 0.160 e. The van der Waals surface area contributed by atoms with E-state index in [2.05, 4.69) is 188 Å². The van der Waals surface area contributed by atoms with E-state index < -0.39 is 0 Å². The van der Waals surface area contributed by atoms with Crippen molar-refractivity contribution in [2.75, 3.05) is 0 Å². The molecule has 1 heterocycles. The third-order valence-corrected chi connectivity index (χ3v) is 14.8. The summed E-state index contributed by atoms with van der Waals surface area (Å²) < 4.78 is 0. The zero-order valence-corrected chi connectivity index (χ0v) is 37.8. The van der Waals surface area contributed by atoms with Gasteiger partial charge in [-0.05, 0) is 142 Å². The van der Waals surface area contributed by atoms with Crippen LogP contribution < -0.4 is 0 Å². The number of hydrogen-bond donors (Lipinski definition) is 0. The van der Waals surface area contributed by atoms with Gasteiger partial charge in [-0.3, -0.25) is 0 Å². The summed E-state index contributed by atoms with van der Waals surface area (Å²) in [6, 6.07) is 74.1. The summed E-state index contributed by atoms with van der Waals surface area (Å²) in [5.41, 5.74) is 23.2. The normalized spacial score (nSPS) is 12.9. The van der Waals surface area contributed by atoms with Crippen molar-refractivity contribution >= 4 is 38.0 Å². The second-order valence-electron chi connectivity index (χ2n) is 18.4. The lowest BCUT2D eigenvalue weighted by Gasteiger charge is -2.18. The number of nitrogens with zero attached hydrogens (tertiary/aromatic N) is 4. The lowest BCUT2D eigenvalue weighted by atomic mass is 9.88. The molecule has 0 radical (unpaired) electrons. The third kappa shape index (κ3) is 5.94. The van der Waals surface area contributed by atoms with Gasteiger partial charge in [0.1, 0.15) is 0 Å². The molecule has 0 spiro atoms. The predicted molar refractivity (Wildman–Crippen MR) is 286 cm³/mol. The number of aromatic nitrogens is 2. The number of hydrogen-bond acceptors (Lipinski definition) is 4. The van der Waals surface area contributed by atoms with E-state index in [0.29, 0.717) is 17.0 Å². The van der Waals surface area contributed by atoms with Gasteiger partial charge in [0.2, 0.25) is 0 Å². The van der Waals surface area contributed by atoms with Gasteiger partial charge in [0.25, 0.3) is 0 Å². The molecule has 0 N–H and O–H groups in total. The molecule has 0 saturated carbocycles. The third-order valence-electron chi connectivity index (χ3n) is 14.8. The first kappa shape index (κ1) is 39.7. The van der Waals surface area contributed by atoms with Crippen molar-refractivity contribution in [2.45, 2.75) is 12.8 Å². The van der Waals surface area contributed by atoms with E-state index in [4.69, 9.17) is 9.97 Å². The summed E-state index contributed by atoms with van der Waals surface area (Å²) >= 11 is 0. The van der Waals surface area contributed by atoms with E-state index >= 15 is 0 Å². The topological polar surface area (TPSA) is 73.4 Å². The first-order valence-corrected chi connectivity index (χ1v) is 23.8. The van der Waals surface area contributed by atoms with E-state index in [1.807, 2.05) is 30.3 Å². The summed E-state index contributed by atoms with van der Waals surface area (Å²) in [6.45, 7) is 0. The van der Waals surface area contributed by atoms with Gasteiger partial charge >= 0.3 is 0 Å². The maximum absolute atomic E-state index is 10.0. The number of nitriles is 2. The molecule has 70 heavy (non-hydrogen) atoms. The lowest BCUT2D eigenvalue weighted by molar-refractivity contribution is 1.04. The zero-order valence-electron chi connectivity index (χ0n) is 37.8. The van der Waals surface area contributed by atoms with Gasteiger partial charge in [-0.15, -0.1) is 0 Å². The van der Waals surface area contributed by atoms with Crippen LogP contribution >= 0.6 is 0 Å². The fourth-order valence-corrected chi connectivity index (χ4v) is 11.6. The minimum atomic E-state index is 0.612. The summed E-state index contributed by atoms with van der Waals surface area (Å²) in [5.74, 6) is 0.612. The minimum absolute atomic E-state index is 0.612. The highest BCUT2D eigenvalue weighted by Crippen LogP contribution is 2.53. The molecule has 4 nitrogen and oxygen atoms in total. The Morgan fingerprint density at radius 2 is 0.900 bits per heavy atom. The van der Waals surface area contributed by atoms with Crippen molar-refractivity contribution in [3.8, 4) is 113 Å². The van der Waals surface area contributed by atoms with Crippen molar-refractivity contribution in [2.24, 2.45) is 0 Å². The molecule has 3 aliphatic rings. The Labute approximate surface area is 405 Å². The van der Waals surface area contributed by atoms with Gasteiger partial charge < -0.3 is 0 Å². The standard InChI is InChI=1S/C66H38N4/c67-37-43-11-1-3-13-46(43)39-23-27-41(28-24-39)64-61-36-45(48-31-33-58-51-17-7-5-15-49(51)55-20-9-19-54(48)62(55)58)35-60(53-32-34-59-52-18-8-6-16-50(52)56-21-10-22-57(53)63(56)59)65(61)70-66(69-64)42-29-25-40(26-30-42)47-14-4-2-12-44(47)38-68/h1-3,5-13,15-36H,4,14H2. The van der Waals surface area contributed by atoms with Crippen LogP contribution in [-0.2, 0) is 0 Å². The highest BCUT2D eigenvalue weighted by molar-refractivity contribution is 6.22. The lowest BCUT2D eigenvalue weighted by Crippen LogP contribution is -1.99. The Balaban J connectivity index is 1.05. The van der Waals surface area contributed by atoms with Crippen molar-refractivity contribution in [3.05, 3.63) is 223 Å². The van der Waals surface area contributed by atoms with E-state index in [1.54, 1.807) is 0 Å². The number of allylic oxidation sites excluding steroid dienone is 4. The van der Waals surface area contributed by atoms with Crippen LogP contribution in [0.5, 0.6) is 0 Å². The van der Waals surface area contributed by atoms with Gasteiger partial charge in [-0.1, -0.05) is 182 Å². The molecule has 0 bridgehead atoms. The van der Waals surface area contributed by atoms with Crippen molar-refractivity contribution in [1.82, 2.24) is 9.97 Å². The zero-order chi connectivity index (χ0) is 46.5. The van der Waals surface area contributed by atoms with Crippen molar-refractivity contribution < 1.29 is 0 Å². The molecule has 0 atom stereocenters. The van der Waals surface area contributed by atoms with Crippen LogP contribution in [0.3, 0.4) is 0 Å². The van der Waals surface area contributed by atoms with E-state index in [1.165, 1.54) is 66.1 Å². The predicted octanol–water partition coefficient (Wildman–Crippen LogP) is 17.1. The molecule has 14 rings (SSSR count). The van der Waals surface area contributed by atoms with Crippen LogP contribution in [0.15, 0.2) is 212 Å². The van der Waals surface area contributed by atoms with Crippen LogP contribution in [-0.4, -0.2) is 9.97 Å². The number of fused-ring (bicyclic) bond motifs is 7. The van der Waals surface area contributed by atoms with Crippen LogP contribution in [0, 0.1) is 22.7 Å². The monoisotopic (exact) mass is 886 g/mol. The Morgan fingerprint density at radius 3 is 1.54 bits per heavy atom. The Kier molecular flexibility index (Phi) is 8.81. The highest BCUT2D eigenvalue weighted by atomic mass is 14.9. The number of rotatable bonds is 6. The molecule has 11 aromatic rings. The molecule has 0 fully saturated rings. The Bertz CT molecular complexity index is 4180. The maximum atomic E-state index is 10.0. The Hall–Kier alpha value is -9.48. The SMILES string of the molecule is N#CC1=C(c2ccc(-c3nc(-c4ccc(-c5ccccc5C#N)cc4)c4cc(-c5ccc6c7c(cccc57)-c5ccccc5-6)cc(-c5ccc6c7c(cccc57)-c5ccccc5-6)c4n3)cc2)CCC=C1. The molecule has 1 aromatic heterocycles. The summed E-state index contributed by atoms with van der Waals surface area (Å²) in [7, 11) is 0. The summed E-state index contributed by atoms with van der Waals surface area (Å²) in [6.07, 6.45) is 5.74. The molecular formula is C66H38N4. The van der Waals surface area contributed by atoms with Crippen LogP contribution in [0.2, 0.25) is 0 Å². The average Bonchev–Trinajstić information content (AvgIpc) is 3.94. The molecule has 0 saturated heterocycles. The molecule has 10 aromatic carbocycles. The van der Waals surface area contributed by atoms with Crippen molar-refractivity contribution in [1.29, 1.82) is 10.5 Å². The van der Waals surface area contributed by atoms with Crippen LogP contribution in [0.1, 0.15) is 24.0 Å². The highest BCUT2D eigenvalue weighted by Gasteiger charge is 2.27. The van der Waals surface area contributed by atoms with Crippen LogP contribution in [0.4, 0.5) is 0 Å². The second-order valence-corrected chi connectivity index (χ2v) is 18.4. The smallest absolute Gasteiger partial charge is 0.160 e. The largest absolute Gasteiger partial charge is 0.227 e. The summed E-state index contributed by atoms with van der Waals surface area (Å²) in [4.78, 5) is 11.2. The van der Waals surface area contributed by atoms with Gasteiger partial charge in [0.05, 0.1) is 34.5 Å². The summed E-state index contributed by atoms with van der Waals surface area (Å²) in [5, 5.41) is 25.9. The van der Waals surface area contributed by atoms with Crippen molar-refractivity contribution in [3.63, 3.8) is 0 Å². The van der Waals surface area contributed by atoms with E-state index in [0.717, 1.165) is 85.1 Å². The fourth-order valence-electron chi connectivity index (χ4n) is 11.6. The molecule has 0 unspecified atom stereocenters. The molecular weight excluding hydrogens is 849 g/mol. The Morgan fingerprint density at radius 1 is 0.371 bits per heavy atom. The minimum Gasteiger partial charge on any atom is -0.227 e. The second kappa shape index (κ2) is 15.5. The van der Waals surface area contributed by atoms with Gasteiger partial charge in [0, 0.05) is 22.1 Å². The average molecular weight is 887 g/mol. The first-order valence-electron chi connectivity index (χ1n) is 23.8. The van der Waals surface area contributed by atoms with E-state index in [9.17, 15) is 10.5 Å². The fraction of sp³-hybridized carbons (Fsp3) is 0.0303. The molecule has 3 aliphatic carbocycles. The quantitative estimate of drug-likeness (QED) is 0.167. The van der Waals surface area contributed by atoms with Gasteiger partial charge in [0.15, 0.2) is 5.82 Å². The molecule has 322 valence electrons. The van der Waals surface area contributed by atoms with E-state index in [-0.39, 0.29) is 0 Å². The molecule has 0 amide bonds. The molecule has 4 heteroatoms. The van der Waals surface area contributed by atoms with Gasteiger partial charge in [-0.2, -0.15) is 10.5 Å². The van der Waals surface area contributed by atoms with Gasteiger partial charge in [-0.25, -0.2) is 9.97 Å². The first-order chi connectivity index (χ1) is 34.6.